The first kappa shape index (κ1) is 21.9. The van der Waals surface area contributed by atoms with Gasteiger partial charge in [-0.15, -0.1) is 0 Å². The highest BCUT2D eigenvalue weighted by molar-refractivity contribution is 6.36. The Hall–Kier alpha value is -4.33. The molecule has 4 rings (SSSR count). The number of anilines is 1. The molecule has 0 fully saturated rings. The Labute approximate surface area is 189 Å². The number of likely N-dealkylation sites (N-methyl/N-ethyl adjacent to an activating group) is 1. The third kappa shape index (κ3) is 4.23. The maximum atomic E-state index is 13.5. The number of nitro groups is 1. The summed E-state index contributed by atoms with van der Waals surface area (Å²) in [7, 11) is 0. The van der Waals surface area contributed by atoms with E-state index in [0.29, 0.717) is 17.7 Å². The van der Waals surface area contributed by atoms with E-state index in [4.69, 9.17) is 0 Å². The lowest BCUT2D eigenvalue weighted by atomic mass is 10.0. The molecule has 0 unspecified atom stereocenters. The first-order chi connectivity index (χ1) is 15.9. The van der Waals surface area contributed by atoms with Gasteiger partial charge >= 0.3 is 0 Å². The van der Waals surface area contributed by atoms with Crippen LogP contribution in [0.4, 0.5) is 15.8 Å². The van der Waals surface area contributed by atoms with Gasteiger partial charge in [-0.2, -0.15) is 0 Å². The molecule has 8 heteroatoms. The van der Waals surface area contributed by atoms with Crippen LogP contribution in [0.1, 0.15) is 18.1 Å². The van der Waals surface area contributed by atoms with E-state index in [1.807, 2.05) is 37.3 Å². The second-order valence-electron chi connectivity index (χ2n) is 7.43. The average molecular weight is 445 g/mol. The molecule has 166 valence electrons. The van der Waals surface area contributed by atoms with Crippen LogP contribution in [0.25, 0.3) is 5.57 Å². The molecule has 0 saturated carbocycles. The van der Waals surface area contributed by atoms with Gasteiger partial charge in [0.15, 0.2) is 0 Å². The summed E-state index contributed by atoms with van der Waals surface area (Å²) in [6.45, 7) is 2.26. The van der Waals surface area contributed by atoms with Gasteiger partial charge < -0.3 is 4.90 Å². The second-order valence-corrected chi connectivity index (χ2v) is 7.43. The maximum absolute atomic E-state index is 13.5. The topological polar surface area (TPSA) is 83.8 Å². The molecule has 1 aliphatic rings. The Bertz CT molecular complexity index is 1240. The van der Waals surface area contributed by atoms with E-state index in [9.17, 15) is 24.1 Å². The smallest absolute Gasteiger partial charge is 0.278 e. The number of non-ortho nitro benzene ring substituents is 1. The summed E-state index contributed by atoms with van der Waals surface area (Å²) in [5.41, 5.74) is 2.00. The summed E-state index contributed by atoms with van der Waals surface area (Å²) < 4.78 is 13.3. The molecule has 0 bridgehead atoms. The SMILES string of the molecule is CCN(C1=C(c2ccc([N+](=O)[O-])cc2)C(=O)N(Cc2ccc(F)cc2)C1=O)c1ccccc1. The number of hydrogen-bond donors (Lipinski definition) is 0. The number of hydrogen-bond acceptors (Lipinski definition) is 5. The van der Waals surface area contributed by atoms with Gasteiger partial charge in [-0.3, -0.25) is 24.6 Å². The van der Waals surface area contributed by atoms with Gasteiger partial charge in [-0.1, -0.05) is 30.3 Å². The molecule has 1 heterocycles. The van der Waals surface area contributed by atoms with E-state index >= 15 is 0 Å². The number of para-hydroxylation sites is 1. The summed E-state index contributed by atoms with van der Waals surface area (Å²) in [6.07, 6.45) is 0. The van der Waals surface area contributed by atoms with Crippen molar-refractivity contribution in [2.45, 2.75) is 13.5 Å². The summed E-state index contributed by atoms with van der Waals surface area (Å²) in [5, 5.41) is 11.1. The highest BCUT2D eigenvalue weighted by Crippen LogP contribution is 2.35. The van der Waals surface area contributed by atoms with Gasteiger partial charge in [0.2, 0.25) is 0 Å². The van der Waals surface area contributed by atoms with Gasteiger partial charge in [-0.05, 0) is 54.4 Å². The van der Waals surface area contributed by atoms with E-state index in [1.165, 1.54) is 48.5 Å². The van der Waals surface area contributed by atoms with Crippen molar-refractivity contribution in [1.82, 2.24) is 4.90 Å². The van der Waals surface area contributed by atoms with Crippen LogP contribution >= 0.6 is 0 Å². The Balaban J connectivity index is 1.81. The molecule has 3 aromatic carbocycles. The predicted molar refractivity (Wildman–Crippen MR) is 121 cm³/mol. The van der Waals surface area contributed by atoms with E-state index in [-0.39, 0.29) is 23.5 Å². The van der Waals surface area contributed by atoms with E-state index in [2.05, 4.69) is 0 Å². The molecule has 0 radical (unpaired) electrons. The van der Waals surface area contributed by atoms with Crippen molar-refractivity contribution in [1.29, 1.82) is 0 Å². The molecule has 0 aromatic heterocycles. The number of halogens is 1. The third-order valence-corrected chi connectivity index (χ3v) is 5.42. The van der Waals surface area contributed by atoms with Crippen LogP contribution in [0, 0.1) is 15.9 Å². The number of carbonyl (C=O) groups is 2. The van der Waals surface area contributed by atoms with Crippen molar-refractivity contribution in [3.63, 3.8) is 0 Å². The molecule has 0 N–H and O–H groups in total. The van der Waals surface area contributed by atoms with Crippen LogP contribution in [0.3, 0.4) is 0 Å². The monoisotopic (exact) mass is 445 g/mol. The van der Waals surface area contributed by atoms with Crippen molar-refractivity contribution in [2.75, 3.05) is 11.4 Å². The van der Waals surface area contributed by atoms with Gasteiger partial charge in [0, 0.05) is 24.4 Å². The van der Waals surface area contributed by atoms with E-state index in [0.717, 1.165) is 10.6 Å². The molecular formula is C25H20FN3O4. The Morgan fingerprint density at radius 2 is 1.55 bits per heavy atom. The van der Waals surface area contributed by atoms with Crippen molar-refractivity contribution in [3.8, 4) is 0 Å². The molecule has 7 nitrogen and oxygen atoms in total. The van der Waals surface area contributed by atoms with Crippen LogP contribution in [-0.2, 0) is 16.1 Å². The summed E-state index contributed by atoms with van der Waals surface area (Å²) in [6, 6.07) is 20.3. The van der Waals surface area contributed by atoms with Gasteiger partial charge in [-0.25, -0.2) is 4.39 Å². The van der Waals surface area contributed by atoms with Crippen molar-refractivity contribution in [3.05, 3.63) is 112 Å². The fourth-order valence-corrected chi connectivity index (χ4v) is 3.82. The van der Waals surface area contributed by atoms with Gasteiger partial charge in [0.05, 0.1) is 17.0 Å². The van der Waals surface area contributed by atoms with Crippen LogP contribution in [-0.4, -0.2) is 28.2 Å². The van der Waals surface area contributed by atoms with E-state index in [1.54, 1.807) is 4.90 Å². The molecule has 1 aliphatic heterocycles. The van der Waals surface area contributed by atoms with Crippen LogP contribution in [0.5, 0.6) is 0 Å². The lowest BCUT2D eigenvalue weighted by Crippen LogP contribution is -2.34. The molecule has 3 aromatic rings. The quantitative estimate of drug-likeness (QED) is 0.303. The summed E-state index contributed by atoms with van der Waals surface area (Å²) >= 11 is 0. The zero-order valence-corrected chi connectivity index (χ0v) is 17.8. The minimum atomic E-state index is -0.524. The number of rotatable bonds is 7. The normalized spacial score (nSPS) is 13.6. The van der Waals surface area contributed by atoms with Crippen molar-refractivity contribution >= 4 is 28.8 Å². The lowest BCUT2D eigenvalue weighted by Gasteiger charge is -2.25. The van der Waals surface area contributed by atoms with Crippen LogP contribution in [0.2, 0.25) is 0 Å². The molecule has 0 saturated heterocycles. The highest BCUT2D eigenvalue weighted by atomic mass is 19.1. The largest absolute Gasteiger partial charge is 0.337 e. The first-order valence-electron chi connectivity index (χ1n) is 10.3. The number of carbonyl (C=O) groups excluding carboxylic acids is 2. The van der Waals surface area contributed by atoms with Crippen molar-refractivity contribution in [2.24, 2.45) is 0 Å². The minimum Gasteiger partial charge on any atom is -0.337 e. The minimum absolute atomic E-state index is 0.0235. The number of nitro benzene ring substituents is 1. The zero-order chi connectivity index (χ0) is 23.5. The lowest BCUT2D eigenvalue weighted by molar-refractivity contribution is -0.384. The zero-order valence-electron chi connectivity index (χ0n) is 17.8. The number of imide groups is 1. The Kier molecular flexibility index (Phi) is 5.99. The summed E-state index contributed by atoms with van der Waals surface area (Å²) in [5.74, 6) is -1.41. The number of amides is 2. The molecule has 0 spiro atoms. The maximum Gasteiger partial charge on any atom is 0.278 e. The fraction of sp³-hybridized carbons (Fsp3) is 0.120. The Morgan fingerprint density at radius 3 is 2.12 bits per heavy atom. The number of nitrogens with zero attached hydrogens (tertiary/aromatic N) is 3. The van der Waals surface area contributed by atoms with Crippen LogP contribution in [0.15, 0.2) is 84.6 Å². The molecule has 33 heavy (non-hydrogen) atoms. The number of benzene rings is 3. The molecule has 0 aliphatic carbocycles. The molecule has 2 amide bonds. The van der Waals surface area contributed by atoms with Crippen LogP contribution < -0.4 is 4.90 Å². The summed E-state index contributed by atoms with van der Waals surface area (Å²) in [4.78, 5) is 40.4. The standard InChI is InChI=1S/C25H20FN3O4/c1-2-27(20-6-4-3-5-7-20)23-22(18-10-14-21(15-11-18)29(32)33)24(30)28(25(23)31)16-17-8-12-19(26)13-9-17/h3-15H,2,16H2,1H3. The second kappa shape index (κ2) is 9.04. The third-order valence-electron chi connectivity index (χ3n) is 5.42. The first-order valence-corrected chi connectivity index (χ1v) is 10.3. The predicted octanol–water partition coefficient (Wildman–Crippen LogP) is 4.54. The molecular weight excluding hydrogens is 425 g/mol. The average Bonchev–Trinajstić information content (AvgIpc) is 3.06. The van der Waals surface area contributed by atoms with E-state index < -0.39 is 22.6 Å². The van der Waals surface area contributed by atoms with Crippen molar-refractivity contribution < 1.29 is 18.9 Å². The fourth-order valence-electron chi connectivity index (χ4n) is 3.82. The van der Waals surface area contributed by atoms with Gasteiger partial charge in [0.1, 0.15) is 11.5 Å². The van der Waals surface area contributed by atoms with Gasteiger partial charge in [0.25, 0.3) is 17.5 Å². The highest BCUT2D eigenvalue weighted by Gasteiger charge is 2.41. The Morgan fingerprint density at radius 1 is 0.909 bits per heavy atom. The molecule has 0 atom stereocenters.